The molecule has 0 aliphatic heterocycles. The Hall–Kier alpha value is -4.66. The minimum Gasteiger partial charge on any atom is -1.00 e. The summed E-state index contributed by atoms with van der Waals surface area (Å²) in [5.41, 5.74) is 2.39. The molecule has 0 amide bonds. The lowest BCUT2D eigenvalue weighted by Crippen LogP contribution is -3.00. The van der Waals surface area contributed by atoms with Crippen LogP contribution in [-0.2, 0) is 0 Å². The molecular formula is C35H21ClN2. The summed E-state index contributed by atoms with van der Waals surface area (Å²) in [6.45, 7) is 0. The average Bonchev–Trinajstić information content (AvgIpc) is 3.44. The first-order chi connectivity index (χ1) is 18.3. The predicted octanol–water partition coefficient (Wildman–Crippen LogP) is 5.55. The Balaban J connectivity index is 0.00000225. The van der Waals surface area contributed by atoms with Crippen molar-refractivity contribution in [1.82, 2.24) is 4.57 Å². The summed E-state index contributed by atoms with van der Waals surface area (Å²) in [4.78, 5) is 0. The molecule has 8 aromatic carbocycles. The number of imidazole rings is 1. The van der Waals surface area contributed by atoms with Crippen molar-refractivity contribution in [2.24, 2.45) is 0 Å². The lowest BCUT2D eigenvalue weighted by atomic mass is 9.93. The van der Waals surface area contributed by atoms with E-state index < -0.39 is 0 Å². The highest BCUT2D eigenvalue weighted by Crippen LogP contribution is 2.38. The van der Waals surface area contributed by atoms with Crippen molar-refractivity contribution in [1.29, 1.82) is 0 Å². The average molecular weight is 505 g/mol. The van der Waals surface area contributed by atoms with Crippen molar-refractivity contribution in [3.8, 4) is 11.4 Å². The van der Waals surface area contributed by atoms with Crippen LogP contribution < -0.4 is 17.0 Å². The van der Waals surface area contributed by atoms with Gasteiger partial charge in [-0.25, -0.2) is 9.13 Å². The molecule has 1 aromatic heterocycles. The maximum atomic E-state index is 2.28. The third-order valence-electron chi connectivity index (χ3n) is 8.20. The maximum Gasteiger partial charge on any atom is 0.254 e. The fourth-order valence-corrected chi connectivity index (χ4v) is 6.53. The van der Waals surface area contributed by atoms with E-state index >= 15 is 0 Å². The third kappa shape index (κ3) is 2.75. The molecule has 9 rings (SSSR count). The van der Waals surface area contributed by atoms with Crippen LogP contribution in [-0.4, -0.2) is 4.57 Å². The van der Waals surface area contributed by atoms with Gasteiger partial charge in [-0.1, -0.05) is 84.9 Å². The molecule has 2 nitrogen and oxygen atoms in total. The fourth-order valence-electron chi connectivity index (χ4n) is 6.53. The molecule has 38 heavy (non-hydrogen) atoms. The van der Waals surface area contributed by atoms with E-state index in [1.54, 1.807) is 0 Å². The largest absolute Gasteiger partial charge is 1.00 e. The molecule has 0 spiro atoms. The zero-order chi connectivity index (χ0) is 24.1. The van der Waals surface area contributed by atoms with Gasteiger partial charge in [-0.3, -0.25) is 0 Å². The number of rotatable bonds is 2. The van der Waals surface area contributed by atoms with E-state index in [0.29, 0.717) is 0 Å². The van der Waals surface area contributed by atoms with Gasteiger partial charge >= 0.3 is 0 Å². The molecule has 0 saturated heterocycles. The van der Waals surface area contributed by atoms with Crippen LogP contribution in [0.25, 0.3) is 76.0 Å². The van der Waals surface area contributed by atoms with Crippen molar-refractivity contribution in [2.75, 3.05) is 0 Å². The lowest BCUT2D eigenvalue weighted by Gasteiger charge is -2.12. The Kier molecular flexibility index (Phi) is 4.33. The molecule has 1 heterocycles. The van der Waals surface area contributed by atoms with Crippen LogP contribution in [0.1, 0.15) is 0 Å². The quantitative estimate of drug-likeness (QED) is 0.215. The molecule has 9 aromatic rings. The van der Waals surface area contributed by atoms with Gasteiger partial charge in [0.15, 0.2) is 0 Å². The van der Waals surface area contributed by atoms with Gasteiger partial charge in [0, 0.05) is 21.5 Å². The normalized spacial score (nSPS) is 12.0. The van der Waals surface area contributed by atoms with Crippen LogP contribution in [0, 0.1) is 0 Å². The summed E-state index contributed by atoms with van der Waals surface area (Å²) >= 11 is 0. The number of halogens is 1. The summed E-state index contributed by atoms with van der Waals surface area (Å²) in [5.74, 6) is 0. The second kappa shape index (κ2) is 7.67. The van der Waals surface area contributed by atoms with Crippen LogP contribution in [0.2, 0.25) is 0 Å². The molecule has 0 saturated carbocycles. The van der Waals surface area contributed by atoms with E-state index in [0.717, 1.165) is 0 Å². The second-order valence-electron chi connectivity index (χ2n) is 10.1. The van der Waals surface area contributed by atoms with Crippen LogP contribution in [0.4, 0.5) is 0 Å². The van der Waals surface area contributed by atoms with Crippen LogP contribution in [0.15, 0.2) is 128 Å². The lowest BCUT2D eigenvalue weighted by molar-refractivity contribution is -0.593. The molecule has 0 radical (unpaired) electrons. The van der Waals surface area contributed by atoms with E-state index in [4.69, 9.17) is 0 Å². The van der Waals surface area contributed by atoms with E-state index in [1.165, 1.54) is 76.0 Å². The molecule has 3 heteroatoms. The van der Waals surface area contributed by atoms with Gasteiger partial charge in [0.2, 0.25) is 0 Å². The second-order valence-corrected chi connectivity index (χ2v) is 10.1. The topological polar surface area (TPSA) is 8.81 Å². The molecule has 0 N–H and O–H groups in total. The van der Waals surface area contributed by atoms with Crippen LogP contribution in [0.3, 0.4) is 0 Å². The highest BCUT2D eigenvalue weighted by molar-refractivity contribution is 6.25. The van der Waals surface area contributed by atoms with Gasteiger partial charge in [0.25, 0.3) is 6.33 Å². The number of benzene rings is 8. The number of hydrogen-bond donors (Lipinski definition) is 0. The summed E-state index contributed by atoms with van der Waals surface area (Å²) in [6, 6.07) is 40.2. The van der Waals surface area contributed by atoms with Gasteiger partial charge in [-0.15, -0.1) is 0 Å². The molecule has 0 aliphatic rings. The summed E-state index contributed by atoms with van der Waals surface area (Å²) in [5, 5.41) is 15.7. The summed E-state index contributed by atoms with van der Waals surface area (Å²) in [7, 11) is 0. The first-order valence-corrected chi connectivity index (χ1v) is 12.8. The van der Waals surface area contributed by atoms with Crippen molar-refractivity contribution >= 4 is 64.6 Å². The Labute approximate surface area is 225 Å². The standard InChI is InChI=1S/C35H21N2.ClH/c1-3-22-7-9-26-13-17-30(28-15-11-24(5-1)32(22)34(26)28)36-19-20-37(21-36)31-18-14-27-10-8-23-4-2-6-25-12-16-29(31)35(27)33(23)25;/h1-21H;1H/q+1;/p-1. The van der Waals surface area contributed by atoms with Gasteiger partial charge in [-0.2, -0.15) is 0 Å². The van der Waals surface area contributed by atoms with Gasteiger partial charge in [0.1, 0.15) is 23.8 Å². The SMILES string of the molecule is [Cl-].c1cc2ccc3ccc(-n4cc[n+](-c5ccc6ccc7cccc8ccc5c6c78)c4)c4ccc(c1)c2c34. The Morgan fingerprint density at radius 3 is 1.55 bits per heavy atom. The number of hydrogen-bond acceptors (Lipinski definition) is 0. The molecule has 178 valence electrons. The van der Waals surface area contributed by atoms with Gasteiger partial charge < -0.3 is 12.4 Å². The van der Waals surface area contributed by atoms with E-state index in [2.05, 4.69) is 137 Å². The molecule has 0 atom stereocenters. The first-order valence-electron chi connectivity index (χ1n) is 12.8. The van der Waals surface area contributed by atoms with Gasteiger partial charge in [0.05, 0.1) is 0 Å². The summed E-state index contributed by atoms with van der Waals surface area (Å²) < 4.78 is 4.51. The zero-order valence-corrected chi connectivity index (χ0v) is 21.2. The fraction of sp³-hybridized carbons (Fsp3) is 0. The Morgan fingerprint density at radius 1 is 0.447 bits per heavy atom. The highest BCUT2D eigenvalue weighted by Gasteiger charge is 2.18. The Morgan fingerprint density at radius 2 is 0.921 bits per heavy atom. The third-order valence-corrected chi connectivity index (χ3v) is 8.20. The molecule has 0 bridgehead atoms. The van der Waals surface area contributed by atoms with E-state index in [1.807, 2.05) is 0 Å². The number of nitrogens with zero attached hydrogens (tertiary/aromatic N) is 2. The van der Waals surface area contributed by atoms with Crippen molar-refractivity contribution in [3.05, 3.63) is 128 Å². The Bertz CT molecular complexity index is 2120. The summed E-state index contributed by atoms with van der Waals surface area (Å²) in [6.07, 6.45) is 6.55. The predicted molar refractivity (Wildman–Crippen MR) is 155 cm³/mol. The van der Waals surface area contributed by atoms with Crippen molar-refractivity contribution in [3.63, 3.8) is 0 Å². The molecule has 0 fully saturated rings. The molecular weight excluding hydrogens is 484 g/mol. The zero-order valence-electron chi connectivity index (χ0n) is 20.4. The molecule has 0 unspecified atom stereocenters. The van der Waals surface area contributed by atoms with Crippen LogP contribution in [0.5, 0.6) is 0 Å². The first kappa shape index (κ1) is 21.4. The van der Waals surface area contributed by atoms with Gasteiger partial charge in [-0.05, 0) is 67.4 Å². The monoisotopic (exact) mass is 504 g/mol. The maximum absolute atomic E-state index is 2.28. The van der Waals surface area contributed by atoms with Crippen LogP contribution >= 0.6 is 0 Å². The smallest absolute Gasteiger partial charge is 0.254 e. The van der Waals surface area contributed by atoms with Crippen molar-refractivity contribution < 1.29 is 17.0 Å². The van der Waals surface area contributed by atoms with Crippen molar-refractivity contribution in [2.45, 2.75) is 0 Å². The molecule has 0 aliphatic carbocycles. The highest BCUT2D eigenvalue weighted by atomic mass is 35.5. The van der Waals surface area contributed by atoms with E-state index in [-0.39, 0.29) is 12.4 Å². The number of aromatic nitrogens is 2. The van der Waals surface area contributed by atoms with E-state index in [9.17, 15) is 0 Å². The minimum atomic E-state index is 0. The minimum absolute atomic E-state index is 0.